The number of halogens is 3. The molecule has 0 radical (unpaired) electrons. The highest BCUT2D eigenvalue weighted by atomic mass is 79.9. The van der Waals surface area contributed by atoms with Crippen LogP contribution < -0.4 is 0 Å². The van der Waals surface area contributed by atoms with Crippen molar-refractivity contribution < 1.29 is 4.74 Å². The molecule has 0 spiro atoms. The second-order valence-corrected chi connectivity index (χ2v) is 5.51. The van der Waals surface area contributed by atoms with E-state index >= 15 is 0 Å². The fraction of sp³-hybridized carbons (Fsp3) is 1.00. The Morgan fingerprint density at radius 1 is 1.60 bits per heavy atom. The van der Waals surface area contributed by atoms with Gasteiger partial charge in [-0.2, -0.15) is 0 Å². The molecule has 4 heteroatoms. The SMILES string of the molecule is CC(Br)C(Br)CC1OC1Cl. The quantitative estimate of drug-likeness (QED) is 0.575. The van der Waals surface area contributed by atoms with Gasteiger partial charge in [0.05, 0.1) is 0 Å². The normalized spacial score (nSPS) is 37.2. The molecule has 0 aromatic carbocycles. The molecule has 0 amide bonds. The van der Waals surface area contributed by atoms with E-state index in [1.165, 1.54) is 0 Å². The van der Waals surface area contributed by atoms with Gasteiger partial charge in [-0.05, 0) is 6.42 Å². The summed E-state index contributed by atoms with van der Waals surface area (Å²) >= 11 is 12.6. The van der Waals surface area contributed by atoms with Gasteiger partial charge in [0.25, 0.3) is 0 Å². The summed E-state index contributed by atoms with van der Waals surface area (Å²) in [6, 6.07) is 0. The van der Waals surface area contributed by atoms with Crippen LogP contribution in [-0.4, -0.2) is 21.3 Å². The molecule has 0 N–H and O–H groups in total. The molecule has 0 aromatic rings. The van der Waals surface area contributed by atoms with Crippen LogP contribution in [0.1, 0.15) is 13.3 Å². The van der Waals surface area contributed by atoms with Crippen LogP contribution in [0.2, 0.25) is 0 Å². The van der Waals surface area contributed by atoms with Gasteiger partial charge in [0, 0.05) is 9.65 Å². The predicted octanol–water partition coefficient (Wildman–Crippen LogP) is 2.89. The molecule has 1 heterocycles. The molecular formula is C6H9Br2ClO. The van der Waals surface area contributed by atoms with Gasteiger partial charge in [-0.25, -0.2) is 0 Å². The van der Waals surface area contributed by atoms with E-state index in [0.717, 1.165) is 6.42 Å². The van der Waals surface area contributed by atoms with E-state index in [0.29, 0.717) is 9.65 Å². The van der Waals surface area contributed by atoms with Crippen LogP contribution >= 0.6 is 43.5 Å². The average Bonchev–Trinajstić information content (AvgIpc) is 2.46. The van der Waals surface area contributed by atoms with E-state index in [1.807, 2.05) is 0 Å². The Morgan fingerprint density at radius 3 is 2.40 bits per heavy atom. The van der Waals surface area contributed by atoms with Crippen LogP contribution in [0.25, 0.3) is 0 Å². The van der Waals surface area contributed by atoms with E-state index in [4.69, 9.17) is 16.3 Å². The molecule has 1 aliphatic heterocycles. The number of alkyl halides is 3. The minimum absolute atomic E-state index is 0.0358. The highest BCUT2D eigenvalue weighted by molar-refractivity contribution is 9.12. The fourth-order valence-electron chi connectivity index (χ4n) is 0.694. The third-order valence-electron chi connectivity index (χ3n) is 1.48. The van der Waals surface area contributed by atoms with Crippen LogP contribution in [0.15, 0.2) is 0 Å². The van der Waals surface area contributed by atoms with Gasteiger partial charge in [-0.1, -0.05) is 50.4 Å². The lowest BCUT2D eigenvalue weighted by Gasteiger charge is -2.08. The van der Waals surface area contributed by atoms with E-state index < -0.39 is 0 Å². The van der Waals surface area contributed by atoms with E-state index in [9.17, 15) is 0 Å². The minimum Gasteiger partial charge on any atom is -0.352 e. The van der Waals surface area contributed by atoms with Gasteiger partial charge in [-0.3, -0.25) is 0 Å². The summed E-state index contributed by atoms with van der Waals surface area (Å²) in [6.45, 7) is 2.10. The summed E-state index contributed by atoms with van der Waals surface area (Å²) < 4.78 is 5.05. The number of rotatable bonds is 3. The first-order valence-corrected chi connectivity index (χ1v) is 5.45. The lowest BCUT2D eigenvalue weighted by Crippen LogP contribution is -2.12. The van der Waals surface area contributed by atoms with Crippen LogP contribution in [0, 0.1) is 0 Å². The summed E-state index contributed by atoms with van der Waals surface area (Å²) in [5.74, 6) is 0. The van der Waals surface area contributed by atoms with Gasteiger partial charge >= 0.3 is 0 Å². The maximum Gasteiger partial charge on any atom is 0.157 e. The van der Waals surface area contributed by atoms with Crippen LogP contribution in [0.4, 0.5) is 0 Å². The molecule has 0 saturated carbocycles. The summed E-state index contributed by atoms with van der Waals surface area (Å²) in [4.78, 5) is 0.932. The van der Waals surface area contributed by atoms with Gasteiger partial charge in [-0.15, -0.1) is 0 Å². The molecule has 0 aromatic heterocycles. The van der Waals surface area contributed by atoms with Crippen molar-refractivity contribution in [3.8, 4) is 0 Å². The second kappa shape index (κ2) is 3.74. The first-order chi connectivity index (χ1) is 4.61. The Morgan fingerprint density at radius 2 is 2.10 bits per heavy atom. The smallest absolute Gasteiger partial charge is 0.157 e. The van der Waals surface area contributed by atoms with Gasteiger partial charge < -0.3 is 4.74 Å². The van der Waals surface area contributed by atoms with E-state index in [2.05, 4.69) is 38.8 Å². The Balaban J connectivity index is 2.13. The molecule has 1 rings (SSSR count). The molecule has 4 unspecified atom stereocenters. The topological polar surface area (TPSA) is 12.5 Å². The van der Waals surface area contributed by atoms with Crippen molar-refractivity contribution in [3.05, 3.63) is 0 Å². The van der Waals surface area contributed by atoms with Gasteiger partial charge in [0.15, 0.2) is 5.56 Å². The number of ether oxygens (including phenoxy) is 1. The van der Waals surface area contributed by atoms with E-state index in [-0.39, 0.29) is 11.7 Å². The maximum absolute atomic E-state index is 5.64. The minimum atomic E-state index is -0.0358. The van der Waals surface area contributed by atoms with Gasteiger partial charge in [0.1, 0.15) is 6.10 Å². The average molecular weight is 292 g/mol. The van der Waals surface area contributed by atoms with Crippen LogP contribution in [0.5, 0.6) is 0 Å². The number of hydrogen-bond donors (Lipinski definition) is 0. The molecule has 1 saturated heterocycles. The molecule has 0 aliphatic carbocycles. The number of hydrogen-bond acceptors (Lipinski definition) is 1. The van der Waals surface area contributed by atoms with Crippen LogP contribution in [0.3, 0.4) is 0 Å². The first kappa shape index (κ1) is 9.30. The molecule has 1 aliphatic rings. The molecule has 1 fully saturated rings. The monoisotopic (exact) mass is 290 g/mol. The molecule has 60 valence electrons. The molecular weight excluding hydrogens is 283 g/mol. The highest BCUT2D eigenvalue weighted by Gasteiger charge is 2.38. The van der Waals surface area contributed by atoms with E-state index in [1.54, 1.807) is 0 Å². The van der Waals surface area contributed by atoms with Crippen LogP contribution in [-0.2, 0) is 4.74 Å². The number of epoxide rings is 1. The molecule has 4 atom stereocenters. The molecule has 1 nitrogen and oxygen atoms in total. The summed E-state index contributed by atoms with van der Waals surface area (Å²) in [7, 11) is 0. The van der Waals surface area contributed by atoms with Crippen molar-refractivity contribution in [1.29, 1.82) is 0 Å². The Hall–Kier alpha value is 1.21. The highest BCUT2D eigenvalue weighted by Crippen LogP contribution is 2.33. The summed E-state index contributed by atoms with van der Waals surface area (Å²) in [5, 5.41) is 0. The maximum atomic E-state index is 5.64. The lowest BCUT2D eigenvalue weighted by molar-refractivity contribution is 0.386. The Labute approximate surface area is 82.7 Å². The predicted molar refractivity (Wildman–Crippen MR) is 50.2 cm³/mol. The first-order valence-electron chi connectivity index (χ1n) is 3.19. The standard InChI is InChI=1S/C6H9Br2ClO/c1-3(7)4(8)2-5-6(9)10-5/h3-6H,2H2,1H3. The zero-order valence-electron chi connectivity index (χ0n) is 5.56. The fourth-order valence-corrected chi connectivity index (χ4v) is 1.51. The molecule has 10 heavy (non-hydrogen) atoms. The summed E-state index contributed by atoms with van der Waals surface area (Å²) in [5.41, 5.74) is -0.0358. The van der Waals surface area contributed by atoms with Crippen molar-refractivity contribution in [2.75, 3.05) is 0 Å². The van der Waals surface area contributed by atoms with Crippen molar-refractivity contribution in [3.63, 3.8) is 0 Å². The zero-order chi connectivity index (χ0) is 7.72. The zero-order valence-corrected chi connectivity index (χ0v) is 9.49. The lowest BCUT2D eigenvalue weighted by atomic mass is 10.2. The largest absolute Gasteiger partial charge is 0.352 e. The van der Waals surface area contributed by atoms with Crippen molar-refractivity contribution >= 4 is 43.5 Å². The summed E-state index contributed by atoms with van der Waals surface area (Å²) in [6.07, 6.45) is 1.26. The van der Waals surface area contributed by atoms with Gasteiger partial charge in [0.2, 0.25) is 0 Å². The second-order valence-electron chi connectivity index (χ2n) is 2.45. The third-order valence-corrected chi connectivity index (χ3v) is 4.37. The third kappa shape index (κ3) is 2.68. The Bertz CT molecular complexity index is 120. The molecule has 0 bridgehead atoms. The van der Waals surface area contributed by atoms with Crippen molar-refractivity contribution in [2.24, 2.45) is 0 Å². The van der Waals surface area contributed by atoms with Crippen molar-refractivity contribution in [1.82, 2.24) is 0 Å². The Kier molecular flexibility index (Phi) is 3.48. The van der Waals surface area contributed by atoms with Crippen molar-refractivity contribution in [2.45, 2.75) is 34.7 Å².